The lowest BCUT2D eigenvalue weighted by Crippen LogP contribution is -2.41. The minimum Gasteiger partial charge on any atom is -0.354 e. The number of anilines is 1. The molecule has 1 amide bonds. The quantitative estimate of drug-likeness (QED) is 0.337. The highest BCUT2D eigenvalue weighted by Crippen LogP contribution is 2.27. The molecule has 5 nitrogen and oxygen atoms in total. The summed E-state index contributed by atoms with van der Waals surface area (Å²) in [6, 6.07) is 21.6. The third kappa shape index (κ3) is 7.26. The third-order valence-corrected chi connectivity index (χ3v) is 8.36. The van der Waals surface area contributed by atoms with Crippen LogP contribution in [0.4, 0.5) is 5.69 Å². The molecule has 0 aliphatic rings. The summed E-state index contributed by atoms with van der Waals surface area (Å²) in [4.78, 5) is 12.9. The molecule has 0 unspecified atom stereocenters. The van der Waals surface area contributed by atoms with E-state index in [0.29, 0.717) is 12.2 Å². The van der Waals surface area contributed by atoms with Gasteiger partial charge in [-0.1, -0.05) is 54.1 Å². The largest absolute Gasteiger partial charge is 0.354 e. The minimum absolute atomic E-state index is 0.155. The van der Waals surface area contributed by atoms with Crippen molar-refractivity contribution < 1.29 is 13.2 Å². The summed E-state index contributed by atoms with van der Waals surface area (Å²) in [7, 11) is -3.90. The van der Waals surface area contributed by atoms with Crippen LogP contribution in [0.5, 0.6) is 0 Å². The highest BCUT2D eigenvalue weighted by atomic mass is 35.5. The number of amides is 1. The molecule has 180 valence electrons. The molecule has 3 aromatic carbocycles. The zero-order chi connectivity index (χ0) is 24.6. The molecule has 3 aromatic rings. The molecule has 0 radical (unpaired) electrons. The summed E-state index contributed by atoms with van der Waals surface area (Å²) in [5, 5.41) is 3.59. The van der Waals surface area contributed by atoms with E-state index in [2.05, 4.69) is 5.32 Å². The topological polar surface area (TPSA) is 66.5 Å². The first-order chi connectivity index (χ1) is 16.3. The highest BCUT2D eigenvalue weighted by Gasteiger charge is 2.28. The van der Waals surface area contributed by atoms with E-state index in [-0.39, 0.29) is 17.3 Å². The van der Waals surface area contributed by atoms with Gasteiger partial charge in [-0.2, -0.15) is 11.8 Å². The minimum atomic E-state index is -3.90. The maximum atomic E-state index is 13.4. The summed E-state index contributed by atoms with van der Waals surface area (Å²) in [5.41, 5.74) is 3.43. The second kappa shape index (κ2) is 12.3. The van der Waals surface area contributed by atoms with Crippen molar-refractivity contribution in [2.75, 3.05) is 23.1 Å². The van der Waals surface area contributed by atoms with E-state index in [1.807, 2.05) is 50.2 Å². The van der Waals surface area contributed by atoms with Gasteiger partial charge in [0.1, 0.15) is 6.54 Å². The molecule has 1 N–H and O–H groups in total. The maximum Gasteiger partial charge on any atom is 0.264 e. The molecule has 0 aromatic heterocycles. The highest BCUT2D eigenvalue weighted by molar-refractivity contribution is 7.98. The van der Waals surface area contributed by atoms with Crippen molar-refractivity contribution in [3.05, 3.63) is 94.5 Å². The van der Waals surface area contributed by atoms with Crippen molar-refractivity contribution in [3.63, 3.8) is 0 Å². The predicted molar refractivity (Wildman–Crippen MR) is 142 cm³/mol. The van der Waals surface area contributed by atoms with Crippen LogP contribution in [0.25, 0.3) is 0 Å². The first-order valence-electron chi connectivity index (χ1n) is 11.0. The molecule has 34 heavy (non-hydrogen) atoms. The number of thioether (sulfide) groups is 1. The molecule has 0 bridgehead atoms. The van der Waals surface area contributed by atoms with Crippen molar-refractivity contribution in [1.29, 1.82) is 0 Å². The Morgan fingerprint density at radius 2 is 1.71 bits per heavy atom. The van der Waals surface area contributed by atoms with Gasteiger partial charge >= 0.3 is 0 Å². The van der Waals surface area contributed by atoms with Crippen molar-refractivity contribution in [1.82, 2.24) is 5.32 Å². The van der Waals surface area contributed by atoms with Crippen LogP contribution in [-0.4, -0.2) is 33.2 Å². The van der Waals surface area contributed by atoms with E-state index < -0.39 is 10.0 Å². The Kier molecular flexibility index (Phi) is 9.45. The summed E-state index contributed by atoms with van der Waals surface area (Å²) < 4.78 is 28.1. The van der Waals surface area contributed by atoms with E-state index >= 15 is 0 Å². The standard InChI is InChI=1S/C26H29ClN2O3S2/c1-20-9-10-21(2)25(17-20)29(34(31,32)24-7-4-3-5-8-24)18-26(30)28-15-6-16-33-19-22-11-13-23(27)14-12-22/h3-5,7-14,17H,6,15-16,18-19H2,1-2H3,(H,28,30). The fraction of sp³-hybridized carbons (Fsp3) is 0.269. The van der Waals surface area contributed by atoms with Crippen molar-refractivity contribution in [3.8, 4) is 0 Å². The molecule has 0 aliphatic carbocycles. The average Bonchev–Trinajstić information content (AvgIpc) is 2.83. The van der Waals surface area contributed by atoms with E-state index in [0.717, 1.165) is 34.1 Å². The smallest absolute Gasteiger partial charge is 0.264 e. The molecule has 0 aliphatic heterocycles. The monoisotopic (exact) mass is 516 g/mol. The fourth-order valence-corrected chi connectivity index (χ4v) is 5.91. The molecular weight excluding hydrogens is 488 g/mol. The Morgan fingerprint density at radius 1 is 1.00 bits per heavy atom. The van der Waals surface area contributed by atoms with E-state index in [9.17, 15) is 13.2 Å². The fourth-order valence-electron chi connectivity index (χ4n) is 3.37. The normalized spacial score (nSPS) is 11.3. The summed E-state index contributed by atoms with van der Waals surface area (Å²) in [5.74, 6) is 1.43. The Morgan fingerprint density at radius 3 is 2.41 bits per heavy atom. The first kappa shape index (κ1) is 26.1. The number of nitrogens with one attached hydrogen (secondary N) is 1. The summed E-state index contributed by atoms with van der Waals surface area (Å²) in [6.45, 7) is 3.95. The van der Waals surface area contributed by atoms with Crippen molar-refractivity contribution >= 4 is 45.0 Å². The van der Waals surface area contributed by atoms with Crippen LogP contribution in [0.3, 0.4) is 0 Å². The van der Waals surface area contributed by atoms with Gasteiger partial charge in [0.25, 0.3) is 10.0 Å². The van der Waals surface area contributed by atoms with Crippen LogP contribution < -0.4 is 9.62 Å². The number of aryl methyl sites for hydroxylation is 2. The predicted octanol–water partition coefficient (Wildman–Crippen LogP) is 5.59. The number of hydrogen-bond donors (Lipinski definition) is 1. The Hall–Kier alpha value is -2.48. The van der Waals surface area contributed by atoms with Gasteiger partial charge in [0, 0.05) is 17.3 Å². The average molecular weight is 517 g/mol. The number of carbonyl (C=O) groups excluding carboxylic acids is 1. The number of nitrogens with zero attached hydrogens (tertiary/aromatic N) is 1. The molecule has 3 rings (SSSR count). The lowest BCUT2D eigenvalue weighted by Gasteiger charge is -2.26. The zero-order valence-electron chi connectivity index (χ0n) is 19.3. The second-order valence-electron chi connectivity index (χ2n) is 8.00. The van der Waals surface area contributed by atoms with Crippen LogP contribution in [0, 0.1) is 13.8 Å². The van der Waals surface area contributed by atoms with Gasteiger partial charge in [0.15, 0.2) is 0 Å². The molecule has 0 saturated carbocycles. The van der Waals surface area contributed by atoms with Crippen molar-refractivity contribution in [2.45, 2.75) is 30.9 Å². The SMILES string of the molecule is Cc1ccc(C)c(N(CC(=O)NCCCSCc2ccc(Cl)cc2)S(=O)(=O)c2ccccc2)c1. The summed E-state index contributed by atoms with van der Waals surface area (Å²) in [6.07, 6.45) is 0.791. The Bertz CT molecular complexity index is 1200. The van der Waals surface area contributed by atoms with Crippen LogP contribution in [0.2, 0.25) is 5.02 Å². The van der Waals surface area contributed by atoms with Crippen LogP contribution in [0.15, 0.2) is 77.7 Å². The van der Waals surface area contributed by atoms with Gasteiger partial charge in [-0.15, -0.1) is 0 Å². The number of carbonyl (C=O) groups is 1. The van der Waals surface area contributed by atoms with Crippen molar-refractivity contribution in [2.24, 2.45) is 0 Å². The van der Waals surface area contributed by atoms with Crippen LogP contribution in [-0.2, 0) is 20.6 Å². The van der Waals surface area contributed by atoms with Gasteiger partial charge in [-0.3, -0.25) is 9.10 Å². The van der Waals surface area contributed by atoms with E-state index in [1.165, 1.54) is 9.87 Å². The molecule has 0 saturated heterocycles. The molecule has 0 atom stereocenters. The number of hydrogen-bond acceptors (Lipinski definition) is 4. The van der Waals surface area contributed by atoms with Crippen LogP contribution >= 0.6 is 23.4 Å². The molecule has 0 fully saturated rings. The van der Waals surface area contributed by atoms with Gasteiger partial charge in [0.05, 0.1) is 10.6 Å². The maximum absolute atomic E-state index is 13.4. The van der Waals surface area contributed by atoms with E-state index in [1.54, 1.807) is 48.2 Å². The molecule has 0 spiro atoms. The second-order valence-corrected chi connectivity index (χ2v) is 11.4. The Balaban J connectivity index is 1.60. The molecular formula is C26H29ClN2O3S2. The van der Waals surface area contributed by atoms with E-state index in [4.69, 9.17) is 11.6 Å². The van der Waals surface area contributed by atoms with Crippen LogP contribution in [0.1, 0.15) is 23.1 Å². The first-order valence-corrected chi connectivity index (χ1v) is 14.0. The number of halogens is 1. The summed E-state index contributed by atoms with van der Waals surface area (Å²) >= 11 is 7.69. The lowest BCUT2D eigenvalue weighted by molar-refractivity contribution is -0.119. The number of sulfonamides is 1. The van der Waals surface area contributed by atoms with Gasteiger partial charge in [0.2, 0.25) is 5.91 Å². The van der Waals surface area contributed by atoms with Gasteiger partial charge in [-0.05, 0) is 73.0 Å². The zero-order valence-corrected chi connectivity index (χ0v) is 21.7. The van der Waals surface area contributed by atoms with Gasteiger partial charge < -0.3 is 5.32 Å². The Labute approximate surface area is 211 Å². The third-order valence-electron chi connectivity index (χ3n) is 5.22. The molecule has 0 heterocycles. The number of benzene rings is 3. The number of rotatable bonds is 11. The lowest BCUT2D eigenvalue weighted by atomic mass is 10.1. The molecule has 8 heteroatoms. The van der Waals surface area contributed by atoms with Gasteiger partial charge in [-0.25, -0.2) is 8.42 Å².